The van der Waals surface area contributed by atoms with Gasteiger partial charge in [0.2, 0.25) is 6.23 Å². The van der Waals surface area contributed by atoms with E-state index in [-0.39, 0.29) is 6.23 Å². The number of carbonyl (C=O) groups is 1. The van der Waals surface area contributed by atoms with E-state index in [2.05, 4.69) is 28.8 Å². The van der Waals surface area contributed by atoms with Crippen LogP contribution in [0.3, 0.4) is 0 Å². The topological polar surface area (TPSA) is 81.5 Å². The minimum absolute atomic E-state index is 0.201. The summed E-state index contributed by atoms with van der Waals surface area (Å²) in [4.78, 5) is 11.5. The van der Waals surface area contributed by atoms with Gasteiger partial charge in [-0.2, -0.15) is 4.37 Å². The van der Waals surface area contributed by atoms with E-state index in [0.29, 0.717) is 22.9 Å². The smallest absolute Gasteiger partial charge is 0.408 e. The number of ether oxygens (including phenoxy) is 2. The molecule has 2 heterocycles. The van der Waals surface area contributed by atoms with Crippen LogP contribution < -0.4 is 4.74 Å². The molecule has 0 radical (unpaired) electrons. The summed E-state index contributed by atoms with van der Waals surface area (Å²) in [6, 6.07) is 0. The van der Waals surface area contributed by atoms with Gasteiger partial charge < -0.3 is 14.6 Å². The quantitative estimate of drug-likeness (QED) is 0.305. The number of quaternary nitrogens is 1. The van der Waals surface area contributed by atoms with Gasteiger partial charge in [0.15, 0.2) is 0 Å². The molecule has 0 amide bonds. The van der Waals surface area contributed by atoms with E-state index < -0.39 is 5.43 Å². The molecule has 0 bridgehead atoms. The second kappa shape index (κ2) is 12.6. The Labute approximate surface area is 188 Å². The van der Waals surface area contributed by atoms with E-state index >= 15 is 0 Å². The number of likely N-dealkylation sites (N-methyl/N-ethyl adjacent to an activating group) is 1. The van der Waals surface area contributed by atoms with E-state index in [1.54, 1.807) is 0 Å². The Bertz CT molecular complexity index is 696. The number of aliphatic hydroxyl groups is 1. The van der Waals surface area contributed by atoms with Gasteiger partial charge in [0.1, 0.15) is 12.2 Å². The Hall–Kier alpha value is -1.22. The van der Waals surface area contributed by atoms with Gasteiger partial charge in [-0.3, -0.25) is 4.48 Å². The molecule has 1 aromatic rings. The molecule has 1 saturated carbocycles. The van der Waals surface area contributed by atoms with E-state index in [9.17, 15) is 4.79 Å². The van der Waals surface area contributed by atoms with Crippen molar-refractivity contribution in [3.05, 3.63) is 11.8 Å². The monoisotopic (exact) mass is 460 g/mol. The molecule has 1 N–H and O–H groups in total. The Morgan fingerprint density at radius 2 is 2.10 bits per heavy atom. The van der Waals surface area contributed by atoms with Crippen molar-refractivity contribution in [2.75, 3.05) is 33.9 Å². The van der Waals surface area contributed by atoms with Crippen LogP contribution in [0.25, 0.3) is 5.57 Å². The highest BCUT2D eigenvalue weighted by atomic mass is 35.5. The number of hydrogen-bond acceptors (Lipinski definition) is 7. The number of aromatic nitrogens is 2. The Balaban J connectivity index is 0.00000155. The minimum Gasteiger partial charge on any atom is -0.475 e. The van der Waals surface area contributed by atoms with Crippen LogP contribution in [0.1, 0.15) is 64.0 Å². The molecule has 0 saturated heterocycles. The molecule has 1 aromatic heterocycles. The van der Waals surface area contributed by atoms with Gasteiger partial charge in [0, 0.05) is 36.6 Å². The third kappa shape index (κ3) is 6.64. The highest BCUT2D eigenvalue weighted by Gasteiger charge is 2.45. The number of halogens is 1. The van der Waals surface area contributed by atoms with Crippen LogP contribution in [-0.4, -0.2) is 63.8 Å². The molecular weight excluding hydrogens is 426 g/mol. The third-order valence-electron chi connectivity index (χ3n) is 5.94. The van der Waals surface area contributed by atoms with Gasteiger partial charge >= 0.3 is 5.43 Å². The van der Waals surface area contributed by atoms with Crippen molar-refractivity contribution in [3.8, 4) is 5.88 Å². The van der Waals surface area contributed by atoms with Gasteiger partial charge in [-0.05, 0) is 19.3 Å². The lowest BCUT2D eigenvalue weighted by Gasteiger charge is -2.47. The van der Waals surface area contributed by atoms with E-state index in [1.807, 2.05) is 0 Å². The van der Waals surface area contributed by atoms with Crippen LogP contribution in [0, 0.1) is 5.92 Å². The Kier molecular flexibility index (Phi) is 10.5. The lowest BCUT2D eigenvalue weighted by atomic mass is 9.82. The molecule has 7 nitrogen and oxygen atoms in total. The maximum Gasteiger partial charge on any atom is 0.408 e. The summed E-state index contributed by atoms with van der Waals surface area (Å²) >= 11 is 6.80. The molecule has 0 aromatic carbocycles. The normalized spacial score (nSPS) is 22.2. The lowest BCUT2D eigenvalue weighted by Crippen LogP contribution is -2.60. The van der Waals surface area contributed by atoms with Crippen LogP contribution in [0.5, 0.6) is 5.88 Å². The highest BCUT2D eigenvalue weighted by Crippen LogP contribution is 2.39. The lowest BCUT2D eigenvalue weighted by molar-refractivity contribution is -0.951. The van der Waals surface area contributed by atoms with Crippen molar-refractivity contribution in [1.29, 1.82) is 0 Å². The Morgan fingerprint density at radius 1 is 1.33 bits per heavy atom. The fraction of sp³-hybridized carbons (Fsp3) is 0.762. The molecule has 170 valence electrons. The van der Waals surface area contributed by atoms with Crippen molar-refractivity contribution < 1.29 is 23.9 Å². The van der Waals surface area contributed by atoms with Crippen LogP contribution >= 0.6 is 23.3 Å². The molecule has 2 aliphatic rings. The zero-order valence-corrected chi connectivity index (χ0v) is 19.9. The number of aliphatic hydroxyl groups excluding tert-OH is 1. The number of carbonyl (C=O) groups excluding carboxylic acids is 1. The molecule has 0 spiro atoms. The van der Waals surface area contributed by atoms with E-state index in [0.717, 1.165) is 57.1 Å². The van der Waals surface area contributed by atoms with Crippen molar-refractivity contribution in [1.82, 2.24) is 8.75 Å². The Morgan fingerprint density at radius 3 is 2.73 bits per heavy atom. The first kappa shape index (κ1) is 25.0. The van der Waals surface area contributed by atoms with Gasteiger partial charge in [-0.25, -0.2) is 4.79 Å². The number of nitrogens with zero attached hydrogens (tertiary/aromatic N) is 3. The molecule has 3 rings (SSSR count). The van der Waals surface area contributed by atoms with Gasteiger partial charge in [0.05, 0.1) is 31.9 Å². The molecule has 1 aliphatic carbocycles. The molecule has 2 unspecified atom stereocenters. The number of hydrogen-bond donors (Lipinski definition) is 1. The minimum atomic E-state index is -0.709. The van der Waals surface area contributed by atoms with E-state index in [4.69, 9.17) is 26.2 Å². The molecular formula is C21H35ClN3O4S+. The first-order valence-electron chi connectivity index (χ1n) is 10.8. The number of unbranched alkanes of at least 4 members (excludes halogenated alkanes) is 3. The van der Waals surface area contributed by atoms with Gasteiger partial charge in [-0.1, -0.05) is 38.7 Å². The van der Waals surface area contributed by atoms with Crippen molar-refractivity contribution in [2.24, 2.45) is 5.92 Å². The largest absolute Gasteiger partial charge is 0.475 e. The summed E-state index contributed by atoms with van der Waals surface area (Å²) in [6.45, 7) is 4.53. The second-order valence-corrected chi connectivity index (χ2v) is 8.98. The van der Waals surface area contributed by atoms with Crippen molar-refractivity contribution >= 4 is 34.3 Å². The molecule has 1 fully saturated rings. The maximum atomic E-state index is 11.5. The highest BCUT2D eigenvalue weighted by molar-refractivity contribution is 6.99. The second-order valence-electron chi connectivity index (χ2n) is 8.14. The predicted molar refractivity (Wildman–Crippen MR) is 120 cm³/mol. The van der Waals surface area contributed by atoms with E-state index in [1.165, 1.54) is 37.4 Å². The predicted octanol–water partition coefficient (Wildman–Crippen LogP) is 4.84. The van der Waals surface area contributed by atoms with Crippen LogP contribution in [0.15, 0.2) is 6.08 Å². The standard InChI is InChI=1S/C20H31ClN3O3S.CH4O/c1-3-4-5-6-13-26-18-17(22-28-23-18)16-11-8-12-24(2,14-16)19(27-20(21)25)15-9-7-10-15;1-2/h11,15,19H,3-10,12-14H2,1-2H3;2H,1H3/q+1;. The van der Waals surface area contributed by atoms with Gasteiger partial charge in [0.25, 0.3) is 5.88 Å². The first-order valence-corrected chi connectivity index (χ1v) is 11.9. The summed E-state index contributed by atoms with van der Waals surface area (Å²) in [5.41, 5.74) is 1.26. The zero-order valence-electron chi connectivity index (χ0n) is 18.3. The van der Waals surface area contributed by atoms with Crippen molar-refractivity contribution in [3.63, 3.8) is 0 Å². The third-order valence-corrected chi connectivity index (χ3v) is 6.54. The fourth-order valence-electron chi connectivity index (χ4n) is 4.18. The summed E-state index contributed by atoms with van der Waals surface area (Å²) in [6.07, 6.45) is 10.9. The summed E-state index contributed by atoms with van der Waals surface area (Å²) < 4.78 is 21.1. The number of rotatable bonds is 10. The maximum absolute atomic E-state index is 11.5. The molecule has 2 atom stereocenters. The van der Waals surface area contributed by atoms with Crippen molar-refractivity contribution in [2.45, 2.75) is 64.5 Å². The van der Waals surface area contributed by atoms with Crippen LogP contribution in [-0.2, 0) is 4.74 Å². The molecule has 9 heteroatoms. The summed E-state index contributed by atoms with van der Waals surface area (Å²) in [5, 5.41) is 7.00. The van der Waals surface area contributed by atoms with Crippen LogP contribution in [0.4, 0.5) is 4.79 Å². The van der Waals surface area contributed by atoms with Crippen LogP contribution in [0.2, 0.25) is 0 Å². The molecule has 30 heavy (non-hydrogen) atoms. The molecule has 1 aliphatic heterocycles. The van der Waals surface area contributed by atoms with Gasteiger partial charge in [-0.15, -0.1) is 4.37 Å². The fourth-order valence-corrected chi connectivity index (χ4v) is 4.80. The summed E-state index contributed by atoms with van der Waals surface area (Å²) in [5.74, 6) is 1.02. The average molecular weight is 461 g/mol. The summed E-state index contributed by atoms with van der Waals surface area (Å²) in [7, 11) is 3.15. The zero-order chi connectivity index (χ0) is 22.0. The average Bonchev–Trinajstić information content (AvgIpc) is 3.16. The SMILES string of the molecule is CCCCCCOc1nsnc1C1=CCC[N+](C)(C(OC(=O)Cl)C2CCC2)C1.CO. The first-order chi connectivity index (χ1) is 14.5.